The number of rotatable bonds is 9. The van der Waals surface area contributed by atoms with Crippen LogP contribution in [0.2, 0.25) is 5.02 Å². The summed E-state index contributed by atoms with van der Waals surface area (Å²) in [5.41, 5.74) is 1.84. The minimum absolute atomic E-state index is 0.00681. The second-order valence-corrected chi connectivity index (χ2v) is 9.34. The van der Waals surface area contributed by atoms with Gasteiger partial charge in [-0.25, -0.2) is 14.2 Å². The molecule has 11 heteroatoms. The van der Waals surface area contributed by atoms with E-state index in [9.17, 15) is 14.3 Å². The number of nitrogens with zero attached hydrogens (tertiary/aromatic N) is 4. The van der Waals surface area contributed by atoms with Crippen LogP contribution in [0.1, 0.15) is 16.8 Å². The Morgan fingerprint density at radius 1 is 1.21 bits per heavy atom. The van der Waals surface area contributed by atoms with E-state index in [1.54, 1.807) is 18.5 Å². The van der Waals surface area contributed by atoms with Crippen molar-refractivity contribution < 1.29 is 14.3 Å². The molecule has 0 amide bonds. The molecule has 0 spiro atoms. The Morgan fingerprint density at radius 3 is 2.79 bits per heavy atom. The summed E-state index contributed by atoms with van der Waals surface area (Å²) in [5, 5.41) is 15.7. The highest BCUT2D eigenvalue weighted by Gasteiger charge is 2.14. The monoisotopic (exact) mass is 502 g/mol. The van der Waals surface area contributed by atoms with Crippen LogP contribution in [-0.4, -0.2) is 68.6 Å². The second-order valence-electron chi connectivity index (χ2n) is 7.71. The highest BCUT2D eigenvalue weighted by Crippen LogP contribution is 2.28. The number of carboxylic acid groups (broad SMARTS) is 1. The van der Waals surface area contributed by atoms with Crippen molar-refractivity contribution in [1.82, 2.24) is 19.9 Å². The molecule has 0 aliphatic carbocycles. The zero-order chi connectivity index (χ0) is 23.9. The lowest BCUT2D eigenvalue weighted by molar-refractivity contribution is 0.0696. The predicted octanol–water partition coefficient (Wildman–Crippen LogP) is 4.62. The third-order valence-electron chi connectivity index (χ3n) is 5.31. The largest absolute Gasteiger partial charge is 0.478 e. The third kappa shape index (κ3) is 6.34. The van der Waals surface area contributed by atoms with E-state index >= 15 is 0 Å². The summed E-state index contributed by atoms with van der Waals surface area (Å²) in [6.07, 6.45) is 5.41. The van der Waals surface area contributed by atoms with Gasteiger partial charge in [-0.2, -0.15) is 16.7 Å². The quantitative estimate of drug-likeness (QED) is 0.361. The molecule has 1 fully saturated rings. The molecule has 4 rings (SSSR count). The summed E-state index contributed by atoms with van der Waals surface area (Å²) in [6, 6.07) is 5.80. The molecule has 0 atom stereocenters. The van der Waals surface area contributed by atoms with Crippen molar-refractivity contribution in [3.05, 3.63) is 59.3 Å². The van der Waals surface area contributed by atoms with Crippen LogP contribution < -0.4 is 10.6 Å². The molecule has 0 bridgehead atoms. The molecular formula is C23H24ClFN6O2S. The number of benzene rings is 1. The standard InChI is InChI=1S/C23H24ClFN6O2S/c24-19-11-17(2-3-20(19)25)29-23-28-14-18(15-10-16(22(32)33)13-26-12-15)21(30-23)27-4-1-5-31-6-8-34-9-7-31/h2-3,10-14H,1,4-9H2,(H,32,33)(H2,27,28,29,30). The van der Waals surface area contributed by atoms with E-state index in [1.165, 1.54) is 35.9 Å². The fourth-order valence-corrected chi connectivity index (χ4v) is 4.69. The summed E-state index contributed by atoms with van der Waals surface area (Å²) >= 11 is 7.86. The van der Waals surface area contributed by atoms with Crippen molar-refractivity contribution >= 4 is 46.8 Å². The minimum atomic E-state index is -1.06. The summed E-state index contributed by atoms with van der Waals surface area (Å²) in [7, 11) is 0. The first-order chi connectivity index (χ1) is 16.5. The van der Waals surface area contributed by atoms with Gasteiger partial charge in [0.2, 0.25) is 5.95 Å². The van der Waals surface area contributed by atoms with Crippen LogP contribution in [0.3, 0.4) is 0 Å². The first-order valence-corrected chi connectivity index (χ1v) is 12.3. The Labute approximate surface area is 206 Å². The topological polar surface area (TPSA) is 103 Å². The van der Waals surface area contributed by atoms with Crippen LogP contribution >= 0.6 is 23.4 Å². The van der Waals surface area contributed by atoms with Gasteiger partial charge in [0.1, 0.15) is 11.6 Å². The molecule has 8 nitrogen and oxygen atoms in total. The normalized spacial score (nSPS) is 14.1. The van der Waals surface area contributed by atoms with Crippen LogP contribution in [0.4, 0.5) is 21.8 Å². The first kappa shape index (κ1) is 24.2. The SMILES string of the molecule is O=C(O)c1cncc(-c2cnc(Nc3ccc(F)c(Cl)c3)nc2NCCCN2CCSCC2)c1. The molecule has 1 aliphatic heterocycles. The number of thioether (sulfide) groups is 1. The number of hydrogen-bond donors (Lipinski definition) is 3. The number of anilines is 3. The number of carboxylic acids is 1. The lowest BCUT2D eigenvalue weighted by Crippen LogP contribution is -2.34. The second kappa shape index (κ2) is 11.5. The number of aromatic carboxylic acids is 1. The number of aromatic nitrogens is 3. The van der Waals surface area contributed by atoms with Gasteiger partial charge in [0.25, 0.3) is 0 Å². The molecule has 3 aromatic rings. The Bertz CT molecular complexity index is 1160. The van der Waals surface area contributed by atoms with E-state index in [1.807, 2.05) is 11.8 Å². The number of nitrogens with one attached hydrogen (secondary N) is 2. The van der Waals surface area contributed by atoms with Crippen LogP contribution in [0.25, 0.3) is 11.1 Å². The van der Waals surface area contributed by atoms with Gasteiger partial charge < -0.3 is 20.6 Å². The molecule has 1 aromatic carbocycles. The van der Waals surface area contributed by atoms with Gasteiger partial charge in [-0.3, -0.25) is 4.98 Å². The van der Waals surface area contributed by atoms with Gasteiger partial charge in [-0.15, -0.1) is 0 Å². The van der Waals surface area contributed by atoms with Gasteiger partial charge in [-0.05, 0) is 37.2 Å². The number of hydrogen-bond acceptors (Lipinski definition) is 8. The smallest absolute Gasteiger partial charge is 0.337 e. The average Bonchev–Trinajstić information content (AvgIpc) is 2.85. The third-order valence-corrected chi connectivity index (χ3v) is 6.54. The van der Waals surface area contributed by atoms with E-state index in [4.69, 9.17) is 11.6 Å². The minimum Gasteiger partial charge on any atom is -0.478 e. The Kier molecular flexibility index (Phi) is 8.15. The first-order valence-electron chi connectivity index (χ1n) is 10.8. The van der Waals surface area contributed by atoms with E-state index in [0.29, 0.717) is 35.1 Å². The van der Waals surface area contributed by atoms with Gasteiger partial charge in [0.15, 0.2) is 0 Å². The Balaban J connectivity index is 1.54. The highest BCUT2D eigenvalue weighted by atomic mass is 35.5. The van der Waals surface area contributed by atoms with Crippen molar-refractivity contribution in [2.45, 2.75) is 6.42 Å². The van der Waals surface area contributed by atoms with Crippen molar-refractivity contribution in [1.29, 1.82) is 0 Å². The summed E-state index contributed by atoms with van der Waals surface area (Å²) in [6.45, 7) is 3.88. The van der Waals surface area contributed by atoms with Crippen molar-refractivity contribution in [3.63, 3.8) is 0 Å². The molecular weight excluding hydrogens is 479 g/mol. The number of halogens is 2. The fourth-order valence-electron chi connectivity index (χ4n) is 3.53. The molecule has 3 N–H and O–H groups in total. The Hall–Kier alpha value is -2.95. The van der Waals surface area contributed by atoms with Crippen molar-refractivity contribution in [2.24, 2.45) is 0 Å². The molecule has 178 valence electrons. The summed E-state index contributed by atoms with van der Waals surface area (Å²) in [5.74, 6) is 1.60. The zero-order valence-electron chi connectivity index (χ0n) is 18.3. The Morgan fingerprint density at radius 2 is 2.03 bits per heavy atom. The summed E-state index contributed by atoms with van der Waals surface area (Å²) in [4.78, 5) is 26.8. The van der Waals surface area contributed by atoms with Gasteiger partial charge in [0, 0.05) is 66.5 Å². The van der Waals surface area contributed by atoms with E-state index in [2.05, 4.69) is 30.5 Å². The van der Waals surface area contributed by atoms with E-state index in [-0.39, 0.29) is 10.6 Å². The number of pyridine rings is 1. The molecule has 3 heterocycles. The maximum Gasteiger partial charge on any atom is 0.337 e. The van der Waals surface area contributed by atoms with Crippen LogP contribution in [-0.2, 0) is 0 Å². The van der Waals surface area contributed by atoms with Crippen LogP contribution in [0, 0.1) is 5.82 Å². The van der Waals surface area contributed by atoms with Gasteiger partial charge in [-0.1, -0.05) is 11.6 Å². The molecule has 0 unspecified atom stereocenters. The molecule has 1 aliphatic rings. The highest BCUT2D eigenvalue weighted by molar-refractivity contribution is 7.99. The van der Waals surface area contributed by atoms with Crippen LogP contribution in [0.5, 0.6) is 0 Å². The molecule has 34 heavy (non-hydrogen) atoms. The van der Waals surface area contributed by atoms with E-state index < -0.39 is 11.8 Å². The molecule has 0 saturated carbocycles. The maximum atomic E-state index is 13.5. The van der Waals surface area contributed by atoms with Crippen molar-refractivity contribution in [3.8, 4) is 11.1 Å². The van der Waals surface area contributed by atoms with Gasteiger partial charge >= 0.3 is 5.97 Å². The molecule has 2 aromatic heterocycles. The maximum absolute atomic E-state index is 13.5. The average molecular weight is 503 g/mol. The molecule has 1 saturated heterocycles. The van der Waals surface area contributed by atoms with Crippen molar-refractivity contribution in [2.75, 3.05) is 48.3 Å². The predicted molar refractivity (Wildman–Crippen MR) is 134 cm³/mol. The van der Waals surface area contributed by atoms with Crippen LogP contribution in [0.15, 0.2) is 42.9 Å². The lowest BCUT2D eigenvalue weighted by Gasteiger charge is -2.26. The number of carbonyl (C=O) groups is 1. The molecule has 0 radical (unpaired) electrons. The lowest BCUT2D eigenvalue weighted by atomic mass is 10.1. The van der Waals surface area contributed by atoms with Gasteiger partial charge in [0.05, 0.1) is 10.6 Å². The zero-order valence-corrected chi connectivity index (χ0v) is 19.9. The fraction of sp³-hybridized carbons (Fsp3) is 0.304. The van der Waals surface area contributed by atoms with E-state index in [0.717, 1.165) is 26.1 Å². The summed E-state index contributed by atoms with van der Waals surface area (Å²) < 4.78 is 13.5.